The van der Waals surface area contributed by atoms with E-state index in [4.69, 9.17) is 4.42 Å². The van der Waals surface area contributed by atoms with Gasteiger partial charge in [0.25, 0.3) is 5.91 Å². The molecular weight excluding hydrogens is 284 g/mol. The van der Waals surface area contributed by atoms with Crippen LogP contribution < -0.4 is 10.2 Å². The zero-order valence-corrected chi connectivity index (χ0v) is 13.4. The molecule has 1 aromatic carbocycles. The number of rotatable bonds is 6. The maximum atomic E-state index is 12.4. The van der Waals surface area contributed by atoms with Gasteiger partial charge in [0.05, 0.1) is 32.5 Å². The van der Waals surface area contributed by atoms with Crippen LogP contribution >= 0.6 is 11.8 Å². The van der Waals surface area contributed by atoms with Crippen LogP contribution in [0.3, 0.4) is 0 Å². The molecule has 0 saturated heterocycles. The number of amides is 1. The molecular formula is C16H21N2O2S+. The minimum Gasteiger partial charge on any atom is -0.463 e. The number of carbonyl (C=O) groups is 1. The Kier molecular flexibility index (Phi) is 5.47. The van der Waals surface area contributed by atoms with E-state index in [-0.39, 0.29) is 11.9 Å². The van der Waals surface area contributed by atoms with Gasteiger partial charge in [-0.25, -0.2) is 0 Å². The zero-order chi connectivity index (χ0) is 15.2. The topological polar surface area (TPSA) is 46.7 Å². The molecule has 0 fully saturated rings. The van der Waals surface area contributed by atoms with Crippen molar-refractivity contribution in [2.24, 2.45) is 0 Å². The number of benzene rings is 1. The number of nitrogens with one attached hydrogen (secondary N) is 2. The van der Waals surface area contributed by atoms with Crippen LogP contribution in [0.25, 0.3) is 0 Å². The summed E-state index contributed by atoms with van der Waals surface area (Å²) in [4.78, 5) is 14.6. The molecule has 0 aliphatic carbocycles. The normalized spacial score (nSPS) is 12.4. The SMILES string of the molecule is CSc1ccccc1C(=O)NC[C@@H](c1ccco1)[NH+](C)C. The Morgan fingerprint density at radius 1 is 1.29 bits per heavy atom. The molecule has 0 saturated carbocycles. The summed E-state index contributed by atoms with van der Waals surface area (Å²) in [5, 5.41) is 3.01. The lowest BCUT2D eigenvalue weighted by Gasteiger charge is -2.20. The van der Waals surface area contributed by atoms with Crippen molar-refractivity contribution >= 4 is 17.7 Å². The van der Waals surface area contributed by atoms with Gasteiger partial charge in [-0.1, -0.05) is 12.1 Å². The molecule has 0 bridgehead atoms. The zero-order valence-electron chi connectivity index (χ0n) is 12.6. The first kappa shape index (κ1) is 15.7. The van der Waals surface area contributed by atoms with E-state index in [1.807, 2.05) is 42.7 Å². The van der Waals surface area contributed by atoms with Gasteiger partial charge < -0.3 is 14.6 Å². The summed E-state index contributed by atoms with van der Waals surface area (Å²) in [7, 11) is 4.10. The lowest BCUT2D eigenvalue weighted by Crippen LogP contribution is -3.07. The summed E-state index contributed by atoms with van der Waals surface area (Å²) < 4.78 is 5.46. The average Bonchev–Trinajstić information content (AvgIpc) is 3.01. The molecule has 4 nitrogen and oxygen atoms in total. The molecule has 0 unspecified atom stereocenters. The van der Waals surface area contributed by atoms with Crippen molar-refractivity contribution in [2.75, 3.05) is 26.9 Å². The van der Waals surface area contributed by atoms with Gasteiger partial charge in [-0.3, -0.25) is 4.79 Å². The third-order valence-corrected chi connectivity index (χ3v) is 4.20. The quantitative estimate of drug-likeness (QED) is 0.797. The highest BCUT2D eigenvalue weighted by molar-refractivity contribution is 7.98. The first-order valence-corrected chi connectivity index (χ1v) is 8.10. The first-order chi connectivity index (χ1) is 10.1. The second-order valence-corrected chi connectivity index (χ2v) is 5.90. The second-order valence-electron chi connectivity index (χ2n) is 5.06. The smallest absolute Gasteiger partial charge is 0.252 e. The van der Waals surface area contributed by atoms with E-state index >= 15 is 0 Å². The van der Waals surface area contributed by atoms with Gasteiger partial charge in [0.1, 0.15) is 0 Å². The van der Waals surface area contributed by atoms with E-state index in [1.165, 1.54) is 4.90 Å². The number of hydrogen-bond acceptors (Lipinski definition) is 3. The van der Waals surface area contributed by atoms with E-state index < -0.39 is 0 Å². The average molecular weight is 305 g/mol. The van der Waals surface area contributed by atoms with Crippen LogP contribution in [0.15, 0.2) is 52.0 Å². The van der Waals surface area contributed by atoms with E-state index in [9.17, 15) is 4.79 Å². The molecule has 112 valence electrons. The third kappa shape index (κ3) is 3.89. The predicted molar refractivity (Wildman–Crippen MR) is 84.8 cm³/mol. The molecule has 1 amide bonds. The van der Waals surface area contributed by atoms with Gasteiger partial charge in [-0.2, -0.15) is 0 Å². The van der Waals surface area contributed by atoms with Crippen LogP contribution in [-0.4, -0.2) is 32.8 Å². The van der Waals surface area contributed by atoms with Crippen molar-refractivity contribution in [2.45, 2.75) is 10.9 Å². The van der Waals surface area contributed by atoms with Crippen LogP contribution in [0, 0.1) is 0 Å². The Bertz CT molecular complexity index is 582. The second kappa shape index (κ2) is 7.33. The van der Waals surface area contributed by atoms with Crippen LogP contribution in [0.4, 0.5) is 0 Å². The summed E-state index contributed by atoms with van der Waals surface area (Å²) in [6, 6.07) is 11.6. The fourth-order valence-corrected chi connectivity index (χ4v) is 2.80. The molecule has 1 atom stereocenters. The molecule has 0 aliphatic rings. The molecule has 1 heterocycles. The van der Waals surface area contributed by atoms with E-state index in [0.717, 1.165) is 16.2 Å². The summed E-state index contributed by atoms with van der Waals surface area (Å²) in [5.41, 5.74) is 0.719. The van der Waals surface area contributed by atoms with Crippen molar-refractivity contribution in [3.63, 3.8) is 0 Å². The third-order valence-electron chi connectivity index (χ3n) is 3.40. The molecule has 2 rings (SSSR count). The standard InChI is InChI=1S/C16H20N2O2S/c1-18(2)13(14-8-6-10-20-14)11-17-16(19)12-7-4-5-9-15(12)21-3/h4-10,13H,11H2,1-3H3,(H,17,19)/p+1/t13-/m0/s1. The van der Waals surface area contributed by atoms with Gasteiger partial charge >= 0.3 is 0 Å². The van der Waals surface area contributed by atoms with Crippen LogP contribution in [-0.2, 0) is 0 Å². The number of carbonyl (C=O) groups excluding carboxylic acids is 1. The molecule has 1 aromatic heterocycles. The lowest BCUT2D eigenvalue weighted by atomic mass is 10.1. The Labute approximate surface area is 129 Å². The summed E-state index contributed by atoms with van der Waals surface area (Å²) >= 11 is 1.58. The van der Waals surface area contributed by atoms with Crippen molar-refractivity contribution in [3.05, 3.63) is 54.0 Å². The van der Waals surface area contributed by atoms with E-state index in [1.54, 1.807) is 18.0 Å². The van der Waals surface area contributed by atoms with Crippen molar-refractivity contribution in [3.8, 4) is 0 Å². The fraction of sp³-hybridized carbons (Fsp3) is 0.312. The number of thioether (sulfide) groups is 1. The van der Waals surface area contributed by atoms with Crippen LogP contribution in [0.2, 0.25) is 0 Å². The van der Waals surface area contributed by atoms with Gasteiger partial charge in [-0.15, -0.1) is 11.8 Å². The minimum atomic E-state index is -0.0437. The van der Waals surface area contributed by atoms with Crippen molar-refractivity contribution in [1.82, 2.24) is 5.32 Å². The van der Waals surface area contributed by atoms with Gasteiger partial charge in [0, 0.05) is 4.90 Å². The molecule has 0 aliphatic heterocycles. The highest BCUT2D eigenvalue weighted by Crippen LogP contribution is 2.19. The molecule has 21 heavy (non-hydrogen) atoms. The fourth-order valence-electron chi connectivity index (χ4n) is 2.20. The maximum Gasteiger partial charge on any atom is 0.252 e. The number of likely N-dealkylation sites (N-methyl/N-ethyl adjacent to an activating group) is 1. The monoisotopic (exact) mass is 305 g/mol. The number of quaternary nitrogens is 1. The Hall–Kier alpha value is -1.72. The van der Waals surface area contributed by atoms with E-state index in [2.05, 4.69) is 19.4 Å². The minimum absolute atomic E-state index is 0.0437. The summed E-state index contributed by atoms with van der Waals surface area (Å²) in [5.74, 6) is 0.839. The highest BCUT2D eigenvalue weighted by atomic mass is 32.2. The molecule has 2 aromatic rings. The van der Waals surface area contributed by atoms with Crippen LogP contribution in [0.5, 0.6) is 0 Å². The van der Waals surface area contributed by atoms with E-state index in [0.29, 0.717) is 6.54 Å². The van der Waals surface area contributed by atoms with Crippen LogP contribution in [0.1, 0.15) is 22.2 Å². The number of hydrogen-bond donors (Lipinski definition) is 2. The van der Waals surface area contributed by atoms with Crippen molar-refractivity contribution in [1.29, 1.82) is 0 Å². The number of furan rings is 1. The lowest BCUT2D eigenvalue weighted by molar-refractivity contribution is -0.891. The van der Waals surface area contributed by atoms with Gasteiger partial charge in [0.15, 0.2) is 11.8 Å². The molecule has 2 N–H and O–H groups in total. The van der Waals surface area contributed by atoms with Gasteiger partial charge in [-0.05, 0) is 30.5 Å². The maximum absolute atomic E-state index is 12.4. The Morgan fingerprint density at radius 3 is 2.67 bits per heavy atom. The molecule has 0 spiro atoms. The molecule has 0 radical (unpaired) electrons. The Balaban J connectivity index is 2.06. The first-order valence-electron chi connectivity index (χ1n) is 6.88. The van der Waals surface area contributed by atoms with Crippen molar-refractivity contribution < 1.29 is 14.1 Å². The summed E-state index contributed by atoms with van der Waals surface area (Å²) in [6.07, 6.45) is 3.64. The summed E-state index contributed by atoms with van der Waals surface area (Å²) in [6.45, 7) is 0.539. The largest absolute Gasteiger partial charge is 0.463 e. The highest BCUT2D eigenvalue weighted by Gasteiger charge is 2.22. The predicted octanol–water partition coefficient (Wildman–Crippen LogP) is 1.62. The van der Waals surface area contributed by atoms with Gasteiger partial charge in [0.2, 0.25) is 0 Å². The Morgan fingerprint density at radius 2 is 2.05 bits per heavy atom. The molecule has 5 heteroatoms.